The molecule has 6 nitrogen and oxygen atoms in total. The van der Waals surface area contributed by atoms with Gasteiger partial charge in [0.15, 0.2) is 29.8 Å². The Kier molecular flexibility index (Phi) is 5.00. The molecule has 0 fully saturated rings. The summed E-state index contributed by atoms with van der Waals surface area (Å²) in [4.78, 5) is 3.40. The van der Waals surface area contributed by atoms with Gasteiger partial charge in [-0.25, -0.2) is 0 Å². The fourth-order valence-corrected chi connectivity index (χ4v) is 2.74. The van der Waals surface area contributed by atoms with Crippen LogP contribution in [0.3, 0.4) is 0 Å². The fourth-order valence-electron chi connectivity index (χ4n) is 2.74. The van der Waals surface area contributed by atoms with Crippen molar-refractivity contribution in [2.75, 3.05) is 35.2 Å². The number of fused-ring (bicyclic) bond motifs is 1. The van der Waals surface area contributed by atoms with Gasteiger partial charge in [0.05, 0.1) is 21.3 Å². The molecule has 0 unspecified atom stereocenters. The van der Waals surface area contributed by atoms with E-state index >= 15 is 0 Å². The first kappa shape index (κ1) is 17.0. The molecule has 0 atom stereocenters. The van der Waals surface area contributed by atoms with Crippen LogP contribution in [-0.4, -0.2) is 40.2 Å². The molecule has 0 saturated carbocycles. The molecule has 0 spiro atoms. The maximum atomic E-state index is 5.71. The van der Waals surface area contributed by atoms with E-state index in [0.717, 1.165) is 22.2 Å². The highest BCUT2D eigenvalue weighted by Crippen LogP contribution is 2.39. The second-order valence-corrected chi connectivity index (χ2v) is 5.36. The summed E-state index contributed by atoms with van der Waals surface area (Å²) in [5, 5.41) is 0.918. The summed E-state index contributed by atoms with van der Waals surface area (Å²) in [6.07, 6.45) is 0. The molecule has 25 heavy (non-hydrogen) atoms. The Morgan fingerprint density at radius 1 is 0.800 bits per heavy atom. The average molecular weight is 343 g/mol. The number of methoxy groups -OCH3 is 4. The van der Waals surface area contributed by atoms with Gasteiger partial charge in [0, 0.05) is 29.3 Å². The summed E-state index contributed by atoms with van der Waals surface area (Å²) < 4.78 is 26.8. The maximum Gasteiger partial charge on any atom is 0.188 e. The van der Waals surface area contributed by atoms with Gasteiger partial charge in [-0.3, -0.25) is 0 Å². The zero-order valence-corrected chi connectivity index (χ0v) is 14.7. The largest absolute Gasteiger partial charge is 0.493 e. The number of aromatic nitrogens is 1. The van der Waals surface area contributed by atoms with E-state index in [2.05, 4.69) is 4.98 Å². The van der Waals surface area contributed by atoms with E-state index < -0.39 is 0 Å². The number of aromatic amines is 1. The van der Waals surface area contributed by atoms with Crippen LogP contribution >= 0.6 is 0 Å². The van der Waals surface area contributed by atoms with Crippen molar-refractivity contribution in [1.29, 1.82) is 0 Å². The van der Waals surface area contributed by atoms with Crippen molar-refractivity contribution < 1.29 is 23.7 Å². The lowest BCUT2D eigenvalue weighted by atomic mass is 10.1. The molecule has 3 aromatic rings. The molecule has 0 saturated heterocycles. The molecule has 0 radical (unpaired) electrons. The average Bonchev–Trinajstić information content (AvgIpc) is 3.09. The van der Waals surface area contributed by atoms with Crippen LogP contribution in [-0.2, 0) is 4.74 Å². The Hall–Kier alpha value is -2.86. The molecule has 0 aliphatic heterocycles. The number of rotatable bonds is 7. The number of H-pyrrole nitrogens is 1. The van der Waals surface area contributed by atoms with Crippen LogP contribution in [0.4, 0.5) is 0 Å². The molecule has 3 rings (SSSR count). The van der Waals surface area contributed by atoms with Gasteiger partial charge in [0.1, 0.15) is 0 Å². The lowest BCUT2D eigenvalue weighted by Gasteiger charge is -2.10. The minimum Gasteiger partial charge on any atom is -0.493 e. The Morgan fingerprint density at radius 3 is 2.20 bits per heavy atom. The summed E-state index contributed by atoms with van der Waals surface area (Å²) in [5.41, 5.74) is 2.86. The number of ether oxygens (including phenoxy) is 5. The first-order valence-electron chi connectivity index (χ1n) is 7.75. The Morgan fingerprint density at radius 2 is 1.52 bits per heavy atom. The van der Waals surface area contributed by atoms with Crippen molar-refractivity contribution in [3.63, 3.8) is 0 Å². The SMILES string of the molecule is COCOc1c(OC)ccc2[nH]c(-c3ccc(OC)c(OC)c3)cc12. The molecule has 2 aromatic carbocycles. The number of hydrogen-bond donors (Lipinski definition) is 1. The third-order valence-corrected chi connectivity index (χ3v) is 3.95. The van der Waals surface area contributed by atoms with Gasteiger partial charge in [0.25, 0.3) is 0 Å². The monoisotopic (exact) mass is 343 g/mol. The summed E-state index contributed by atoms with van der Waals surface area (Å²) in [6, 6.07) is 11.6. The highest BCUT2D eigenvalue weighted by atomic mass is 16.7. The molecule has 1 N–H and O–H groups in total. The van der Waals surface area contributed by atoms with Crippen molar-refractivity contribution in [2.24, 2.45) is 0 Å². The van der Waals surface area contributed by atoms with Gasteiger partial charge in [-0.2, -0.15) is 0 Å². The lowest BCUT2D eigenvalue weighted by Crippen LogP contribution is -2.00. The topological polar surface area (TPSA) is 61.9 Å². The minimum absolute atomic E-state index is 0.145. The smallest absolute Gasteiger partial charge is 0.188 e. The first-order valence-corrected chi connectivity index (χ1v) is 7.75. The molecule has 0 bridgehead atoms. The van der Waals surface area contributed by atoms with Gasteiger partial charge in [-0.15, -0.1) is 0 Å². The van der Waals surface area contributed by atoms with Crippen LogP contribution in [0.25, 0.3) is 22.2 Å². The van der Waals surface area contributed by atoms with Gasteiger partial charge < -0.3 is 28.7 Å². The zero-order chi connectivity index (χ0) is 17.8. The summed E-state index contributed by atoms with van der Waals surface area (Å²) in [7, 11) is 6.43. The van der Waals surface area contributed by atoms with Crippen LogP contribution in [0.15, 0.2) is 36.4 Å². The molecule has 1 heterocycles. The third-order valence-electron chi connectivity index (χ3n) is 3.95. The van der Waals surface area contributed by atoms with E-state index in [1.54, 1.807) is 28.4 Å². The van der Waals surface area contributed by atoms with Gasteiger partial charge in [-0.1, -0.05) is 0 Å². The maximum absolute atomic E-state index is 5.71. The van der Waals surface area contributed by atoms with Gasteiger partial charge in [-0.05, 0) is 36.4 Å². The Labute approximate surface area is 146 Å². The van der Waals surface area contributed by atoms with E-state index in [9.17, 15) is 0 Å². The van der Waals surface area contributed by atoms with Crippen LogP contribution in [0, 0.1) is 0 Å². The van der Waals surface area contributed by atoms with E-state index in [-0.39, 0.29) is 6.79 Å². The van der Waals surface area contributed by atoms with Crippen molar-refractivity contribution in [3.8, 4) is 34.3 Å². The van der Waals surface area contributed by atoms with E-state index in [0.29, 0.717) is 23.0 Å². The highest BCUT2D eigenvalue weighted by Gasteiger charge is 2.14. The van der Waals surface area contributed by atoms with Crippen molar-refractivity contribution in [2.45, 2.75) is 0 Å². The fraction of sp³-hybridized carbons (Fsp3) is 0.263. The first-order chi connectivity index (χ1) is 12.2. The molecular weight excluding hydrogens is 322 g/mol. The number of benzene rings is 2. The standard InChI is InChI=1S/C19H21NO5/c1-21-11-25-19-13-10-15(20-14(13)6-8-17(19)23-3)12-5-7-16(22-2)18(9-12)24-4/h5-10,20H,11H2,1-4H3. The molecule has 0 aliphatic rings. The van der Waals surface area contributed by atoms with Crippen LogP contribution in [0.2, 0.25) is 0 Å². The molecule has 0 aliphatic carbocycles. The van der Waals surface area contributed by atoms with Gasteiger partial charge >= 0.3 is 0 Å². The van der Waals surface area contributed by atoms with Crippen LogP contribution in [0.1, 0.15) is 0 Å². The van der Waals surface area contributed by atoms with Crippen molar-refractivity contribution >= 4 is 10.9 Å². The van der Waals surface area contributed by atoms with E-state index in [1.165, 1.54) is 0 Å². The van der Waals surface area contributed by atoms with Crippen LogP contribution < -0.4 is 18.9 Å². The molecule has 0 amide bonds. The molecule has 1 aromatic heterocycles. The zero-order valence-electron chi connectivity index (χ0n) is 14.7. The highest BCUT2D eigenvalue weighted by molar-refractivity contribution is 5.93. The van der Waals surface area contributed by atoms with Gasteiger partial charge in [0.2, 0.25) is 0 Å². The second kappa shape index (κ2) is 7.36. The van der Waals surface area contributed by atoms with E-state index in [4.69, 9.17) is 23.7 Å². The van der Waals surface area contributed by atoms with Crippen molar-refractivity contribution in [3.05, 3.63) is 36.4 Å². The lowest BCUT2D eigenvalue weighted by molar-refractivity contribution is 0.0503. The summed E-state index contributed by atoms with van der Waals surface area (Å²) >= 11 is 0. The summed E-state index contributed by atoms with van der Waals surface area (Å²) in [6.45, 7) is 0.145. The Balaban J connectivity index is 2.09. The molecule has 6 heteroatoms. The Bertz CT molecular complexity index is 872. The minimum atomic E-state index is 0.145. The van der Waals surface area contributed by atoms with E-state index in [1.807, 2.05) is 36.4 Å². The third kappa shape index (κ3) is 3.21. The predicted molar refractivity (Wildman–Crippen MR) is 95.9 cm³/mol. The predicted octanol–water partition coefficient (Wildman–Crippen LogP) is 3.84. The number of nitrogens with one attached hydrogen (secondary N) is 1. The molecule has 132 valence electrons. The second-order valence-electron chi connectivity index (χ2n) is 5.36. The molecular formula is C19H21NO5. The normalized spacial score (nSPS) is 10.7. The summed E-state index contributed by atoms with van der Waals surface area (Å²) in [5.74, 6) is 2.66. The number of hydrogen-bond acceptors (Lipinski definition) is 5. The quantitative estimate of drug-likeness (QED) is 0.660. The van der Waals surface area contributed by atoms with Crippen LogP contribution in [0.5, 0.6) is 23.0 Å². The van der Waals surface area contributed by atoms with Crippen molar-refractivity contribution in [1.82, 2.24) is 4.98 Å².